The van der Waals surface area contributed by atoms with Crippen molar-refractivity contribution < 1.29 is 23.5 Å². The lowest BCUT2D eigenvalue weighted by Gasteiger charge is -2.07. The lowest BCUT2D eigenvalue weighted by molar-refractivity contribution is -0.114. The largest absolute Gasteiger partial charge is 0.454 e. The zero-order valence-corrected chi connectivity index (χ0v) is 14.3. The van der Waals surface area contributed by atoms with Crippen LogP contribution in [0.2, 0.25) is 0 Å². The monoisotopic (exact) mass is 349 g/mol. The zero-order chi connectivity index (χ0) is 17.9. The first-order chi connectivity index (χ1) is 11.3. The second-order valence-electron chi connectivity index (χ2n) is 5.20. The van der Waals surface area contributed by atoms with Crippen LogP contribution in [0.15, 0.2) is 24.3 Å². The molecule has 0 bridgehead atoms. The van der Waals surface area contributed by atoms with Crippen molar-refractivity contribution in [2.24, 2.45) is 0 Å². The number of carbonyl (C=O) groups is 3. The Kier molecular flexibility index (Phi) is 5.46. The van der Waals surface area contributed by atoms with Crippen molar-refractivity contribution in [2.75, 3.05) is 11.9 Å². The van der Waals surface area contributed by atoms with Crippen molar-refractivity contribution in [3.05, 3.63) is 51.0 Å². The van der Waals surface area contributed by atoms with E-state index in [2.05, 4.69) is 5.32 Å². The van der Waals surface area contributed by atoms with Crippen LogP contribution in [0.25, 0.3) is 0 Å². The molecule has 2 rings (SSSR count). The number of carbonyl (C=O) groups excluding carboxylic acids is 3. The Bertz CT molecular complexity index is 813. The van der Waals surface area contributed by atoms with Crippen molar-refractivity contribution in [3.63, 3.8) is 0 Å². The minimum Gasteiger partial charge on any atom is -0.454 e. The molecule has 24 heavy (non-hydrogen) atoms. The highest BCUT2D eigenvalue weighted by molar-refractivity contribution is 7.12. The number of rotatable bonds is 5. The van der Waals surface area contributed by atoms with E-state index in [1.165, 1.54) is 30.4 Å². The van der Waals surface area contributed by atoms with E-state index in [0.717, 1.165) is 15.8 Å². The molecule has 0 saturated heterocycles. The predicted octanol–water partition coefficient (Wildman–Crippen LogP) is 3.50. The number of nitrogens with one attached hydrogen (secondary N) is 1. The molecular weight excluding hydrogens is 333 g/mol. The molecular formula is C17H16FNO4S. The Hall–Kier alpha value is -2.54. The van der Waals surface area contributed by atoms with Gasteiger partial charge in [-0.05, 0) is 38.1 Å². The Labute approximate surface area is 142 Å². The smallest absolute Gasteiger partial charge is 0.339 e. The summed E-state index contributed by atoms with van der Waals surface area (Å²) in [4.78, 5) is 36.7. The van der Waals surface area contributed by atoms with Crippen LogP contribution in [0, 0.1) is 19.7 Å². The maximum Gasteiger partial charge on any atom is 0.339 e. The third kappa shape index (κ3) is 4.26. The number of thiophene rings is 1. The summed E-state index contributed by atoms with van der Waals surface area (Å²) in [7, 11) is 0. The molecule has 126 valence electrons. The molecule has 0 saturated carbocycles. The molecule has 0 fully saturated rings. The van der Waals surface area contributed by atoms with Gasteiger partial charge >= 0.3 is 5.97 Å². The maximum absolute atomic E-state index is 14.0. The quantitative estimate of drug-likeness (QED) is 0.662. The number of anilines is 1. The fourth-order valence-corrected chi connectivity index (χ4v) is 3.05. The molecule has 0 atom stereocenters. The third-order valence-electron chi connectivity index (χ3n) is 3.19. The predicted molar refractivity (Wildman–Crippen MR) is 89.1 cm³/mol. The Morgan fingerprint density at radius 1 is 1.17 bits per heavy atom. The standard InChI is InChI=1S/C17H16FNO4S/c1-9-6-14(10(2)24-9)17(22)23-8-16(21)13-5-4-12(7-15(13)18)19-11(3)20/h4-7H,8H2,1-3H3,(H,19,20). The summed E-state index contributed by atoms with van der Waals surface area (Å²) in [6.07, 6.45) is 0. The van der Waals surface area contributed by atoms with Gasteiger partial charge in [0, 0.05) is 22.4 Å². The topological polar surface area (TPSA) is 72.5 Å². The number of esters is 1. The van der Waals surface area contributed by atoms with E-state index in [1.54, 1.807) is 13.0 Å². The van der Waals surface area contributed by atoms with Crippen LogP contribution in [0.3, 0.4) is 0 Å². The molecule has 0 aliphatic rings. The number of ketones is 1. The van der Waals surface area contributed by atoms with Crippen molar-refractivity contribution in [3.8, 4) is 0 Å². The van der Waals surface area contributed by atoms with E-state index in [0.29, 0.717) is 5.56 Å². The number of hydrogen-bond donors (Lipinski definition) is 1. The highest BCUT2D eigenvalue weighted by Crippen LogP contribution is 2.21. The Morgan fingerprint density at radius 2 is 1.88 bits per heavy atom. The van der Waals surface area contributed by atoms with Crippen LogP contribution in [0.5, 0.6) is 0 Å². The fourth-order valence-electron chi connectivity index (χ4n) is 2.14. The van der Waals surface area contributed by atoms with Crippen LogP contribution in [-0.2, 0) is 9.53 Å². The van der Waals surface area contributed by atoms with Crippen molar-refractivity contribution in [2.45, 2.75) is 20.8 Å². The van der Waals surface area contributed by atoms with Gasteiger partial charge in [-0.2, -0.15) is 0 Å². The van der Waals surface area contributed by atoms with Gasteiger partial charge in [0.05, 0.1) is 11.1 Å². The number of hydrogen-bond acceptors (Lipinski definition) is 5. The third-order valence-corrected chi connectivity index (χ3v) is 4.15. The highest BCUT2D eigenvalue weighted by atomic mass is 32.1. The van der Waals surface area contributed by atoms with E-state index in [-0.39, 0.29) is 17.2 Å². The van der Waals surface area contributed by atoms with Crippen molar-refractivity contribution in [1.29, 1.82) is 0 Å². The number of amides is 1. The molecule has 2 aromatic rings. The van der Waals surface area contributed by atoms with Gasteiger partial charge in [0.15, 0.2) is 6.61 Å². The SMILES string of the molecule is CC(=O)Nc1ccc(C(=O)COC(=O)c2cc(C)sc2C)c(F)c1. The van der Waals surface area contributed by atoms with E-state index >= 15 is 0 Å². The lowest BCUT2D eigenvalue weighted by atomic mass is 10.1. The summed E-state index contributed by atoms with van der Waals surface area (Å²) >= 11 is 1.46. The van der Waals surface area contributed by atoms with Crippen molar-refractivity contribution in [1.82, 2.24) is 0 Å². The summed E-state index contributed by atoms with van der Waals surface area (Å²) in [5.41, 5.74) is 0.458. The Balaban J connectivity index is 2.03. The number of benzene rings is 1. The van der Waals surface area contributed by atoms with Gasteiger partial charge in [0.25, 0.3) is 0 Å². The van der Waals surface area contributed by atoms with Crippen molar-refractivity contribution >= 4 is 34.7 Å². The molecule has 1 aromatic heterocycles. The first-order valence-electron chi connectivity index (χ1n) is 7.12. The average Bonchev–Trinajstić information content (AvgIpc) is 2.82. The van der Waals surface area contributed by atoms with Gasteiger partial charge in [-0.15, -0.1) is 11.3 Å². The summed E-state index contributed by atoms with van der Waals surface area (Å²) < 4.78 is 18.9. The molecule has 7 heteroatoms. The summed E-state index contributed by atoms with van der Waals surface area (Å²) in [6.45, 7) is 4.40. The molecule has 0 spiro atoms. The van der Waals surface area contributed by atoms with E-state index in [1.807, 2.05) is 6.92 Å². The van der Waals surface area contributed by atoms with E-state index in [9.17, 15) is 18.8 Å². The molecule has 0 aliphatic carbocycles. The van der Waals surface area contributed by atoms with Crippen LogP contribution >= 0.6 is 11.3 Å². The number of halogens is 1. The zero-order valence-electron chi connectivity index (χ0n) is 13.4. The van der Waals surface area contributed by atoms with Crippen LogP contribution in [-0.4, -0.2) is 24.3 Å². The molecule has 1 heterocycles. The van der Waals surface area contributed by atoms with Gasteiger partial charge in [0.1, 0.15) is 5.82 Å². The van der Waals surface area contributed by atoms with Gasteiger partial charge < -0.3 is 10.1 Å². The second kappa shape index (κ2) is 7.35. The molecule has 1 aromatic carbocycles. The number of Topliss-reactive ketones (excluding diaryl/α,β-unsaturated/α-hetero) is 1. The maximum atomic E-state index is 14.0. The summed E-state index contributed by atoms with van der Waals surface area (Å²) in [5.74, 6) is -2.39. The van der Waals surface area contributed by atoms with Gasteiger partial charge in [0.2, 0.25) is 11.7 Å². The lowest BCUT2D eigenvalue weighted by Crippen LogP contribution is -2.16. The van der Waals surface area contributed by atoms with Gasteiger partial charge in [-0.3, -0.25) is 9.59 Å². The highest BCUT2D eigenvalue weighted by Gasteiger charge is 2.18. The van der Waals surface area contributed by atoms with E-state index in [4.69, 9.17) is 4.74 Å². The molecule has 5 nitrogen and oxygen atoms in total. The first kappa shape index (κ1) is 17.8. The minimum absolute atomic E-state index is 0.199. The minimum atomic E-state index is -0.787. The second-order valence-corrected chi connectivity index (χ2v) is 6.66. The van der Waals surface area contributed by atoms with Crippen LogP contribution in [0.1, 0.15) is 37.4 Å². The Morgan fingerprint density at radius 3 is 2.42 bits per heavy atom. The fraction of sp³-hybridized carbons (Fsp3) is 0.235. The molecule has 1 N–H and O–H groups in total. The summed E-state index contributed by atoms with van der Waals surface area (Å²) in [5, 5.41) is 2.42. The van der Waals surface area contributed by atoms with Gasteiger partial charge in [-0.1, -0.05) is 0 Å². The van der Waals surface area contributed by atoms with Crippen LogP contribution < -0.4 is 5.32 Å². The normalized spacial score (nSPS) is 10.3. The number of ether oxygens (including phenoxy) is 1. The number of aryl methyl sites for hydroxylation is 2. The molecule has 0 radical (unpaired) electrons. The summed E-state index contributed by atoms with van der Waals surface area (Å²) in [6, 6.07) is 5.39. The molecule has 1 amide bonds. The average molecular weight is 349 g/mol. The van der Waals surface area contributed by atoms with Crippen LogP contribution in [0.4, 0.5) is 10.1 Å². The first-order valence-corrected chi connectivity index (χ1v) is 7.94. The molecule has 0 aliphatic heterocycles. The molecule has 0 unspecified atom stereocenters. The van der Waals surface area contributed by atoms with E-state index < -0.39 is 24.2 Å². The van der Waals surface area contributed by atoms with Gasteiger partial charge in [-0.25, -0.2) is 9.18 Å².